The second-order valence-electron chi connectivity index (χ2n) is 8.76. The van der Waals surface area contributed by atoms with Gasteiger partial charge in [-0.3, -0.25) is 14.6 Å². The third kappa shape index (κ3) is 4.84. The molecule has 1 aliphatic carbocycles. The van der Waals surface area contributed by atoms with E-state index < -0.39 is 0 Å². The fourth-order valence-electron chi connectivity index (χ4n) is 5.29. The van der Waals surface area contributed by atoms with Crippen molar-refractivity contribution in [3.8, 4) is 0 Å². The van der Waals surface area contributed by atoms with Crippen molar-refractivity contribution in [1.29, 1.82) is 0 Å². The minimum absolute atomic E-state index is 0.371. The Morgan fingerprint density at radius 1 is 0.800 bits per heavy atom. The van der Waals surface area contributed by atoms with Crippen LogP contribution in [0.15, 0.2) is 0 Å². The minimum atomic E-state index is 0.371. The maximum absolute atomic E-state index is 11.9. The highest BCUT2D eigenvalue weighted by Crippen LogP contribution is 2.31. The van der Waals surface area contributed by atoms with E-state index in [0.717, 1.165) is 31.3 Å². The van der Waals surface area contributed by atoms with E-state index in [2.05, 4.69) is 28.5 Å². The van der Waals surface area contributed by atoms with E-state index in [9.17, 15) is 4.79 Å². The van der Waals surface area contributed by atoms with Crippen LogP contribution in [0, 0.1) is 5.92 Å². The lowest BCUT2D eigenvalue weighted by Crippen LogP contribution is -2.55. The Morgan fingerprint density at radius 2 is 1.32 bits per heavy atom. The summed E-state index contributed by atoms with van der Waals surface area (Å²) in [6.07, 6.45) is 8.17. The smallest absolute Gasteiger partial charge is 0.135 e. The lowest BCUT2D eigenvalue weighted by molar-refractivity contribution is -0.123. The molecule has 0 aromatic rings. The van der Waals surface area contributed by atoms with E-state index in [0.29, 0.717) is 17.7 Å². The van der Waals surface area contributed by atoms with Crippen LogP contribution in [0.25, 0.3) is 0 Å². The molecule has 0 radical (unpaired) electrons. The standard InChI is InChI=1S/C21H39N3O/c1-4-21(25)18-5-7-19(8-6-18)23-11-9-20(10-12-23)24-15-13-22(14-16-24)17(2)3/h17-20H,4-16H2,1-3H3/t18-,19+. The molecule has 0 aromatic heterocycles. The molecular weight excluding hydrogens is 310 g/mol. The van der Waals surface area contributed by atoms with Gasteiger partial charge in [0.15, 0.2) is 0 Å². The summed E-state index contributed by atoms with van der Waals surface area (Å²) in [5, 5.41) is 0. The van der Waals surface area contributed by atoms with Gasteiger partial charge in [-0.1, -0.05) is 6.92 Å². The Morgan fingerprint density at radius 3 is 1.84 bits per heavy atom. The minimum Gasteiger partial charge on any atom is -0.300 e. The molecule has 1 saturated carbocycles. The molecule has 0 unspecified atom stereocenters. The molecule has 0 aromatic carbocycles. The first-order chi connectivity index (χ1) is 12.1. The Labute approximate surface area is 154 Å². The molecule has 0 N–H and O–H groups in total. The maximum Gasteiger partial charge on any atom is 0.135 e. The Balaban J connectivity index is 1.39. The van der Waals surface area contributed by atoms with Crippen LogP contribution in [0.3, 0.4) is 0 Å². The highest BCUT2D eigenvalue weighted by atomic mass is 16.1. The van der Waals surface area contributed by atoms with Gasteiger partial charge in [-0.05, 0) is 65.5 Å². The first-order valence-corrected chi connectivity index (χ1v) is 10.8. The van der Waals surface area contributed by atoms with Gasteiger partial charge in [0.05, 0.1) is 0 Å². The molecule has 0 amide bonds. The number of nitrogens with zero attached hydrogens (tertiary/aromatic N) is 3. The average molecular weight is 350 g/mol. The molecule has 144 valence electrons. The van der Waals surface area contributed by atoms with E-state index in [1.165, 1.54) is 65.0 Å². The largest absolute Gasteiger partial charge is 0.300 e. The van der Waals surface area contributed by atoms with Crippen molar-refractivity contribution in [2.75, 3.05) is 39.3 Å². The van der Waals surface area contributed by atoms with E-state index >= 15 is 0 Å². The summed E-state index contributed by atoms with van der Waals surface area (Å²) in [6, 6.07) is 2.25. The van der Waals surface area contributed by atoms with Crippen molar-refractivity contribution in [3.63, 3.8) is 0 Å². The first-order valence-electron chi connectivity index (χ1n) is 10.8. The van der Waals surface area contributed by atoms with E-state index in [4.69, 9.17) is 0 Å². The number of rotatable bonds is 5. The quantitative estimate of drug-likeness (QED) is 0.762. The molecule has 2 aliphatic heterocycles. The van der Waals surface area contributed by atoms with Crippen LogP contribution in [-0.4, -0.2) is 77.9 Å². The van der Waals surface area contributed by atoms with Crippen molar-refractivity contribution in [2.24, 2.45) is 5.92 Å². The predicted molar refractivity (Wildman–Crippen MR) is 104 cm³/mol. The Bertz CT molecular complexity index is 415. The second-order valence-corrected chi connectivity index (χ2v) is 8.76. The van der Waals surface area contributed by atoms with Crippen LogP contribution >= 0.6 is 0 Å². The van der Waals surface area contributed by atoms with Gasteiger partial charge in [-0.25, -0.2) is 0 Å². The zero-order valence-electron chi connectivity index (χ0n) is 16.8. The van der Waals surface area contributed by atoms with Crippen LogP contribution in [0.1, 0.15) is 65.7 Å². The molecular formula is C21H39N3O. The zero-order valence-corrected chi connectivity index (χ0v) is 16.8. The average Bonchev–Trinajstić information content (AvgIpc) is 2.67. The van der Waals surface area contributed by atoms with Crippen LogP contribution in [0.4, 0.5) is 0 Å². The van der Waals surface area contributed by atoms with Crippen molar-refractivity contribution in [1.82, 2.24) is 14.7 Å². The van der Waals surface area contributed by atoms with E-state index in [1.807, 2.05) is 6.92 Å². The van der Waals surface area contributed by atoms with Crippen LogP contribution < -0.4 is 0 Å². The molecule has 3 fully saturated rings. The van der Waals surface area contributed by atoms with Crippen molar-refractivity contribution >= 4 is 5.78 Å². The number of Topliss-reactive ketones (excluding diaryl/α,β-unsaturated/α-hetero) is 1. The lowest BCUT2D eigenvalue weighted by Gasteiger charge is -2.46. The fraction of sp³-hybridized carbons (Fsp3) is 0.952. The lowest BCUT2D eigenvalue weighted by atomic mass is 9.81. The first kappa shape index (κ1) is 19.3. The summed E-state index contributed by atoms with van der Waals surface area (Å²) in [4.78, 5) is 20.0. The van der Waals surface area contributed by atoms with Gasteiger partial charge in [0.2, 0.25) is 0 Å². The van der Waals surface area contributed by atoms with Gasteiger partial charge < -0.3 is 4.90 Å². The molecule has 2 saturated heterocycles. The normalized spacial score (nSPS) is 31.5. The molecule has 0 bridgehead atoms. The van der Waals surface area contributed by atoms with Crippen LogP contribution in [-0.2, 0) is 4.79 Å². The summed E-state index contributed by atoms with van der Waals surface area (Å²) in [7, 11) is 0. The summed E-state index contributed by atoms with van der Waals surface area (Å²) in [5.41, 5.74) is 0. The van der Waals surface area contributed by atoms with Gasteiger partial charge >= 0.3 is 0 Å². The predicted octanol–water partition coefficient (Wildman–Crippen LogP) is 3.01. The van der Waals surface area contributed by atoms with Gasteiger partial charge in [0.1, 0.15) is 5.78 Å². The van der Waals surface area contributed by atoms with Crippen LogP contribution in [0.2, 0.25) is 0 Å². The molecule has 25 heavy (non-hydrogen) atoms. The van der Waals surface area contributed by atoms with Gasteiger partial charge in [0.25, 0.3) is 0 Å². The maximum atomic E-state index is 11.9. The Hall–Kier alpha value is -0.450. The SMILES string of the molecule is CCC(=O)[C@H]1CC[C@@H](N2CCC(N3CCN(C(C)C)CC3)CC2)CC1. The highest BCUT2D eigenvalue weighted by molar-refractivity contribution is 5.80. The summed E-state index contributed by atoms with van der Waals surface area (Å²) in [5.74, 6) is 0.869. The molecule has 2 heterocycles. The van der Waals surface area contributed by atoms with Gasteiger partial charge in [0, 0.05) is 56.6 Å². The molecule has 4 heteroatoms. The molecule has 3 aliphatic rings. The zero-order chi connectivity index (χ0) is 17.8. The number of hydrogen-bond acceptors (Lipinski definition) is 4. The number of piperazine rings is 1. The number of piperidine rings is 1. The summed E-state index contributed by atoms with van der Waals surface area (Å²) < 4.78 is 0. The fourth-order valence-corrected chi connectivity index (χ4v) is 5.29. The van der Waals surface area contributed by atoms with Crippen molar-refractivity contribution in [2.45, 2.75) is 83.8 Å². The topological polar surface area (TPSA) is 26.8 Å². The van der Waals surface area contributed by atoms with E-state index in [1.54, 1.807) is 0 Å². The third-order valence-corrected chi connectivity index (χ3v) is 7.11. The number of carbonyl (C=O) groups excluding carboxylic acids is 1. The van der Waals surface area contributed by atoms with Crippen LogP contribution in [0.5, 0.6) is 0 Å². The summed E-state index contributed by atoms with van der Waals surface area (Å²) >= 11 is 0. The number of ketones is 1. The monoisotopic (exact) mass is 349 g/mol. The van der Waals surface area contributed by atoms with Gasteiger partial charge in [-0.15, -0.1) is 0 Å². The van der Waals surface area contributed by atoms with Crippen molar-refractivity contribution < 1.29 is 4.79 Å². The summed E-state index contributed by atoms with van der Waals surface area (Å²) in [6.45, 7) is 14.2. The highest BCUT2D eigenvalue weighted by Gasteiger charge is 2.33. The molecule has 0 atom stereocenters. The molecule has 3 rings (SSSR count). The second kappa shape index (κ2) is 8.96. The van der Waals surface area contributed by atoms with Crippen molar-refractivity contribution in [3.05, 3.63) is 0 Å². The Kier molecular flexibility index (Phi) is 6.93. The number of likely N-dealkylation sites (tertiary alicyclic amines) is 1. The van der Waals surface area contributed by atoms with Gasteiger partial charge in [-0.2, -0.15) is 0 Å². The number of carbonyl (C=O) groups is 1. The third-order valence-electron chi connectivity index (χ3n) is 7.11. The number of hydrogen-bond donors (Lipinski definition) is 0. The molecule has 0 spiro atoms. The molecule has 4 nitrogen and oxygen atoms in total. The van der Waals surface area contributed by atoms with E-state index in [-0.39, 0.29) is 0 Å².